The Kier molecular flexibility index (Phi) is 3.71. The summed E-state index contributed by atoms with van der Waals surface area (Å²) in [6, 6.07) is 5.71. The SMILES string of the molecule is C#C[C@]1(O)[C@@H](F)CC2C3CCc4cc(O)ccc4C3[C@@H](CC)C[C@@]21C. The summed E-state index contributed by atoms with van der Waals surface area (Å²) < 4.78 is 14.8. The van der Waals surface area contributed by atoms with Crippen molar-refractivity contribution in [3.05, 3.63) is 29.3 Å². The lowest BCUT2D eigenvalue weighted by Crippen LogP contribution is -2.54. The number of halogens is 1. The van der Waals surface area contributed by atoms with E-state index in [2.05, 4.69) is 18.9 Å². The number of rotatable bonds is 1. The van der Waals surface area contributed by atoms with Crippen molar-refractivity contribution in [2.45, 2.75) is 63.6 Å². The lowest BCUT2D eigenvalue weighted by molar-refractivity contribution is -0.100. The molecule has 0 heterocycles. The summed E-state index contributed by atoms with van der Waals surface area (Å²) in [7, 11) is 0. The number of benzene rings is 1. The highest BCUT2D eigenvalue weighted by molar-refractivity contribution is 5.41. The normalized spacial score (nSPS) is 45.2. The summed E-state index contributed by atoms with van der Waals surface area (Å²) in [5.41, 5.74) is 0.336. The molecule has 0 amide bonds. The minimum Gasteiger partial charge on any atom is -0.508 e. The van der Waals surface area contributed by atoms with E-state index >= 15 is 0 Å². The molecule has 0 saturated heterocycles. The monoisotopic (exact) mass is 342 g/mol. The fraction of sp³-hybridized carbons (Fsp3) is 0.636. The van der Waals surface area contributed by atoms with E-state index in [0.717, 1.165) is 25.7 Å². The molecular formula is C22H27FO2. The van der Waals surface area contributed by atoms with Gasteiger partial charge in [0.05, 0.1) is 0 Å². The van der Waals surface area contributed by atoms with Gasteiger partial charge in [0, 0.05) is 5.41 Å². The zero-order valence-electron chi connectivity index (χ0n) is 15.0. The van der Waals surface area contributed by atoms with Gasteiger partial charge in [-0.15, -0.1) is 6.42 Å². The van der Waals surface area contributed by atoms with Gasteiger partial charge in [0.15, 0.2) is 5.60 Å². The molecule has 0 aliphatic heterocycles. The van der Waals surface area contributed by atoms with Crippen LogP contribution in [0.2, 0.25) is 0 Å². The highest BCUT2D eigenvalue weighted by Gasteiger charge is 2.67. The van der Waals surface area contributed by atoms with Crippen molar-refractivity contribution in [3.63, 3.8) is 0 Å². The number of phenolic OH excluding ortho intramolecular Hbond substituents is 1. The molecule has 134 valence electrons. The molecule has 3 aliphatic rings. The van der Waals surface area contributed by atoms with Crippen molar-refractivity contribution in [1.29, 1.82) is 0 Å². The summed E-state index contributed by atoms with van der Waals surface area (Å²) in [6.07, 6.45) is 8.28. The summed E-state index contributed by atoms with van der Waals surface area (Å²) in [5, 5.41) is 20.8. The number of hydrogen-bond acceptors (Lipinski definition) is 2. The number of aryl methyl sites for hydroxylation is 1. The van der Waals surface area contributed by atoms with Crippen LogP contribution in [0.5, 0.6) is 5.75 Å². The quantitative estimate of drug-likeness (QED) is 0.751. The highest BCUT2D eigenvalue weighted by atomic mass is 19.1. The van der Waals surface area contributed by atoms with Crippen LogP contribution >= 0.6 is 0 Å². The van der Waals surface area contributed by atoms with Crippen LogP contribution in [-0.4, -0.2) is 22.0 Å². The van der Waals surface area contributed by atoms with Crippen molar-refractivity contribution in [3.8, 4) is 18.1 Å². The second-order valence-electron chi connectivity index (χ2n) is 8.62. The fourth-order valence-electron chi connectivity index (χ4n) is 6.49. The number of terminal acetylenes is 1. The van der Waals surface area contributed by atoms with Crippen molar-refractivity contribution < 1.29 is 14.6 Å². The number of fused-ring (bicyclic) bond motifs is 5. The first-order valence-electron chi connectivity index (χ1n) is 9.51. The van der Waals surface area contributed by atoms with Crippen LogP contribution in [0.3, 0.4) is 0 Å². The van der Waals surface area contributed by atoms with Gasteiger partial charge in [0.1, 0.15) is 11.9 Å². The van der Waals surface area contributed by atoms with Gasteiger partial charge < -0.3 is 10.2 Å². The third kappa shape index (κ3) is 2.07. The number of alkyl halides is 1. The first-order valence-corrected chi connectivity index (χ1v) is 9.51. The minimum atomic E-state index is -1.65. The minimum absolute atomic E-state index is 0.110. The molecule has 2 N–H and O–H groups in total. The summed E-state index contributed by atoms with van der Waals surface area (Å²) in [4.78, 5) is 0. The molecule has 0 radical (unpaired) electrons. The molecule has 1 aromatic rings. The highest BCUT2D eigenvalue weighted by Crippen LogP contribution is 2.66. The molecule has 25 heavy (non-hydrogen) atoms. The Balaban J connectivity index is 1.81. The van der Waals surface area contributed by atoms with Crippen LogP contribution in [0.25, 0.3) is 0 Å². The first-order chi connectivity index (χ1) is 11.9. The van der Waals surface area contributed by atoms with E-state index in [4.69, 9.17) is 6.42 Å². The van der Waals surface area contributed by atoms with Crippen LogP contribution in [0, 0.1) is 35.5 Å². The van der Waals surface area contributed by atoms with Crippen LogP contribution in [0.15, 0.2) is 18.2 Å². The molecule has 2 saturated carbocycles. The standard InChI is InChI=1S/C22H27FO2/c1-4-13-12-21(3)18(11-19(23)22(21,25)5-2)17-8-6-14-10-15(24)7-9-16(14)20(13)17/h2,7,9-10,13,17-20,24-25H,4,6,8,11-12H2,1,3H3/t13-,17?,18?,19-,20?,21-,22-/m0/s1. The molecule has 1 aromatic carbocycles. The van der Waals surface area contributed by atoms with Gasteiger partial charge >= 0.3 is 0 Å². The average molecular weight is 342 g/mol. The van der Waals surface area contributed by atoms with Gasteiger partial charge in [-0.2, -0.15) is 0 Å². The van der Waals surface area contributed by atoms with E-state index < -0.39 is 17.2 Å². The zero-order chi connectivity index (χ0) is 18.0. The molecule has 7 atom stereocenters. The smallest absolute Gasteiger partial charge is 0.161 e. The maximum absolute atomic E-state index is 14.8. The van der Waals surface area contributed by atoms with Crippen LogP contribution in [0.4, 0.5) is 4.39 Å². The largest absolute Gasteiger partial charge is 0.508 e. The molecule has 2 fully saturated rings. The van der Waals surface area contributed by atoms with Crippen molar-refractivity contribution in [2.24, 2.45) is 23.2 Å². The van der Waals surface area contributed by atoms with E-state index in [9.17, 15) is 14.6 Å². The molecule has 3 heteroatoms. The summed E-state index contributed by atoms with van der Waals surface area (Å²) in [5.74, 6) is 3.97. The van der Waals surface area contributed by atoms with Crippen LogP contribution in [0.1, 0.15) is 56.6 Å². The molecule has 0 spiro atoms. The molecule has 3 unspecified atom stereocenters. The lowest BCUT2D eigenvalue weighted by Gasteiger charge is -2.55. The van der Waals surface area contributed by atoms with Gasteiger partial charge in [0.25, 0.3) is 0 Å². The Morgan fingerprint density at radius 1 is 1.40 bits per heavy atom. The number of aromatic hydroxyl groups is 1. The van der Waals surface area contributed by atoms with E-state index in [-0.39, 0.29) is 5.92 Å². The van der Waals surface area contributed by atoms with Gasteiger partial charge in [-0.25, -0.2) is 4.39 Å². The maximum Gasteiger partial charge on any atom is 0.161 e. The molecule has 2 nitrogen and oxygen atoms in total. The van der Waals surface area contributed by atoms with Gasteiger partial charge in [-0.3, -0.25) is 0 Å². The predicted molar refractivity (Wildman–Crippen MR) is 95.9 cm³/mol. The van der Waals surface area contributed by atoms with E-state index in [1.54, 1.807) is 6.07 Å². The van der Waals surface area contributed by atoms with E-state index in [0.29, 0.717) is 29.9 Å². The van der Waals surface area contributed by atoms with Crippen molar-refractivity contribution >= 4 is 0 Å². The Labute approximate surface area is 149 Å². The predicted octanol–water partition coefficient (Wildman–Crippen LogP) is 4.20. The maximum atomic E-state index is 14.8. The number of aliphatic hydroxyl groups is 1. The first kappa shape index (κ1) is 16.9. The third-order valence-electron chi connectivity index (χ3n) is 7.75. The molecule has 0 aromatic heterocycles. The Bertz CT molecular complexity index is 738. The van der Waals surface area contributed by atoms with Gasteiger partial charge in [-0.05, 0) is 72.6 Å². The number of phenols is 1. The van der Waals surface area contributed by atoms with Crippen LogP contribution in [-0.2, 0) is 6.42 Å². The van der Waals surface area contributed by atoms with E-state index in [1.807, 2.05) is 13.0 Å². The van der Waals surface area contributed by atoms with E-state index in [1.165, 1.54) is 11.1 Å². The molecule has 4 rings (SSSR count). The topological polar surface area (TPSA) is 40.5 Å². The zero-order valence-corrected chi connectivity index (χ0v) is 15.0. The second kappa shape index (κ2) is 5.48. The second-order valence-corrected chi connectivity index (χ2v) is 8.62. The van der Waals surface area contributed by atoms with Crippen molar-refractivity contribution in [2.75, 3.05) is 0 Å². The summed E-state index contributed by atoms with van der Waals surface area (Å²) >= 11 is 0. The lowest BCUT2D eigenvalue weighted by atomic mass is 9.49. The Morgan fingerprint density at radius 2 is 2.16 bits per heavy atom. The average Bonchev–Trinajstić information content (AvgIpc) is 2.81. The van der Waals surface area contributed by atoms with Gasteiger partial charge in [0.2, 0.25) is 0 Å². The third-order valence-corrected chi connectivity index (χ3v) is 7.75. The molecule has 3 aliphatic carbocycles. The fourth-order valence-corrected chi connectivity index (χ4v) is 6.49. The molecule has 0 bridgehead atoms. The van der Waals surface area contributed by atoms with Gasteiger partial charge in [-0.1, -0.05) is 32.3 Å². The number of hydrogen-bond donors (Lipinski definition) is 2. The van der Waals surface area contributed by atoms with Crippen molar-refractivity contribution in [1.82, 2.24) is 0 Å². The summed E-state index contributed by atoms with van der Waals surface area (Å²) in [6.45, 7) is 4.19. The van der Waals surface area contributed by atoms with Crippen LogP contribution < -0.4 is 0 Å². The Hall–Kier alpha value is -1.53. The Morgan fingerprint density at radius 3 is 2.84 bits per heavy atom. The molecular weight excluding hydrogens is 315 g/mol.